The maximum Gasteiger partial charge on any atom is 0.0879 e. The highest BCUT2D eigenvalue weighted by molar-refractivity contribution is 6.31. The Hall–Kier alpha value is -0.570. The predicted octanol–water partition coefficient (Wildman–Crippen LogP) is 4.20. The number of ether oxygens (including phenoxy) is 1. The summed E-state index contributed by atoms with van der Waals surface area (Å²) < 4.78 is 6.00. The standard InChI is InChI=1S/C16H24ClNO/c1-16(2,3)18-11-12-7-6-10-19-15(12)13-8-4-5-9-14(13)17/h4-5,8-9,12,15,18H,6-7,10-11H2,1-3H3. The normalized spacial score (nSPS) is 24.4. The fraction of sp³-hybridized carbons (Fsp3) is 0.625. The quantitative estimate of drug-likeness (QED) is 0.897. The number of benzene rings is 1. The van der Waals surface area contributed by atoms with Crippen LogP contribution in [0.25, 0.3) is 0 Å². The summed E-state index contributed by atoms with van der Waals surface area (Å²) in [7, 11) is 0. The Morgan fingerprint density at radius 2 is 2.05 bits per heavy atom. The molecular formula is C16H24ClNO. The zero-order chi connectivity index (χ0) is 13.9. The fourth-order valence-electron chi connectivity index (χ4n) is 2.54. The molecule has 19 heavy (non-hydrogen) atoms. The molecule has 0 aliphatic carbocycles. The van der Waals surface area contributed by atoms with Gasteiger partial charge in [0, 0.05) is 29.6 Å². The van der Waals surface area contributed by atoms with Crippen LogP contribution in [0.1, 0.15) is 45.3 Å². The molecule has 106 valence electrons. The average molecular weight is 282 g/mol. The largest absolute Gasteiger partial charge is 0.373 e. The molecule has 1 aromatic carbocycles. The van der Waals surface area contributed by atoms with Crippen LogP contribution >= 0.6 is 11.6 Å². The maximum atomic E-state index is 6.31. The van der Waals surface area contributed by atoms with Crippen LogP contribution in [-0.2, 0) is 4.74 Å². The molecule has 1 fully saturated rings. The summed E-state index contributed by atoms with van der Waals surface area (Å²) >= 11 is 6.31. The molecule has 0 saturated carbocycles. The zero-order valence-corrected chi connectivity index (χ0v) is 12.8. The summed E-state index contributed by atoms with van der Waals surface area (Å²) in [5.74, 6) is 0.493. The molecule has 1 aromatic rings. The van der Waals surface area contributed by atoms with Crippen molar-refractivity contribution in [2.75, 3.05) is 13.2 Å². The van der Waals surface area contributed by atoms with Gasteiger partial charge in [-0.3, -0.25) is 0 Å². The number of nitrogens with one attached hydrogen (secondary N) is 1. The molecule has 2 rings (SSSR count). The van der Waals surface area contributed by atoms with E-state index in [9.17, 15) is 0 Å². The first-order valence-corrected chi connectivity index (χ1v) is 7.46. The summed E-state index contributed by atoms with van der Waals surface area (Å²) in [5, 5.41) is 4.40. The Kier molecular flexibility index (Phi) is 4.88. The molecule has 2 nitrogen and oxygen atoms in total. The van der Waals surface area contributed by atoms with E-state index in [1.54, 1.807) is 0 Å². The molecule has 2 atom stereocenters. The van der Waals surface area contributed by atoms with E-state index in [1.165, 1.54) is 6.42 Å². The van der Waals surface area contributed by atoms with Crippen molar-refractivity contribution in [2.45, 2.75) is 45.3 Å². The summed E-state index contributed by atoms with van der Waals surface area (Å²) in [6.45, 7) is 8.39. The number of halogens is 1. The van der Waals surface area contributed by atoms with Crippen LogP contribution in [0.15, 0.2) is 24.3 Å². The molecule has 1 aliphatic heterocycles. The molecule has 1 N–H and O–H groups in total. The van der Waals surface area contributed by atoms with E-state index in [1.807, 2.05) is 18.2 Å². The molecule has 0 aromatic heterocycles. The Labute approximate surface area is 121 Å². The van der Waals surface area contributed by atoms with Gasteiger partial charge in [0.25, 0.3) is 0 Å². The second kappa shape index (κ2) is 6.25. The summed E-state index contributed by atoms with van der Waals surface area (Å²) in [4.78, 5) is 0. The Bertz CT molecular complexity index is 413. The molecule has 2 unspecified atom stereocenters. The highest BCUT2D eigenvalue weighted by Crippen LogP contribution is 2.36. The van der Waals surface area contributed by atoms with E-state index in [0.717, 1.165) is 30.2 Å². The van der Waals surface area contributed by atoms with Gasteiger partial charge in [0.05, 0.1) is 6.10 Å². The van der Waals surface area contributed by atoms with Gasteiger partial charge in [0.15, 0.2) is 0 Å². The lowest BCUT2D eigenvalue weighted by Gasteiger charge is -2.34. The minimum absolute atomic E-state index is 0.122. The molecular weight excluding hydrogens is 258 g/mol. The number of rotatable bonds is 3. The molecule has 3 heteroatoms. The molecule has 1 saturated heterocycles. The molecule has 1 heterocycles. The third kappa shape index (κ3) is 4.20. The molecule has 0 spiro atoms. The van der Waals surface area contributed by atoms with Gasteiger partial charge in [-0.1, -0.05) is 29.8 Å². The van der Waals surface area contributed by atoms with Gasteiger partial charge in [-0.2, -0.15) is 0 Å². The van der Waals surface area contributed by atoms with Crippen molar-refractivity contribution in [3.05, 3.63) is 34.9 Å². The molecule has 0 bridgehead atoms. The molecule has 1 aliphatic rings. The first-order chi connectivity index (χ1) is 8.97. The summed E-state index contributed by atoms with van der Waals surface area (Å²) in [5.41, 5.74) is 1.27. The van der Waals surface area contributed by atoms with Gasteiger partial charge >= 0.3 is 0 Å². The van der Waals surface area contributed by atoms with E-state index >= 15 is 0 Å². The Balaban J connectivity index is 2.10. The van der Waals surface area contributed by atoms with Crippen molar-refractivity contribution >= 4 is 11.6 Å². The van der Waals surface area contributed by atoms with Gasteiger partial charge in [-0.15, -0.1) is 0 Å². The van der Waals surface area contributed by atoms with Crippen molar-refractivity contribution in [1.82, 2.24) is 5.32 Å². The van der Waals surface area contributed by atoms with Crippen LogP contribution in [-0.4, -0.2) is 18.7 Å². The molecule has 0 radical (unpaired) electrons. The first-order valence-electron chi connectivity index (χ1n) is 7.08. The number of hydrogen-bond acceptors (Lipinski definition) is 2. The average Bonchev–Trinajstić information content (AvgIpc) is 2.37. The highest BCUT2D eigenvalue weighted by atomic mass is 35.5. The lowest BCUT2D eigenvalue weighted by atomic mass is 9.88. The van der Waals surface area contributed by atoms with Crippen molar-refractivity contribution in [1.29, 1.82) is 0 Å². The first kappa shape index (κ1) is 14.8. The minimum atomic E-state index is 0.122. The van der Waals surface area contributed by atoms with E-state index in [2.05, 4.69) is 32.2 Å². The van der Waals surface area contributed by atoms with E-state index < -0.39 is 0 Å². The summed E-state index contributed by atoms with van der Waals surface area (Å²) in [6, 6.07) is 8.04. The lowest BCUT2D eigenvalue weighted by Crippen LogP contribution is -2.41. The van der Waals surface area contributed by atoms with E-state index in [-0.39, 0.29) is 11.6 Å². The highest BCUT2D eigenvalue weighted by Gasteiger charge is 2.29. The minimum Gasteiger partial charge on any atom is -0.373 e. The lowest BCUT2D eigenvalue weighted by molar-refractivity contribution is -0.0292. The third-order valence-corrected chi connectivity index (χ3v) is 3.90. The second-order valence-corrected chi connectivity index (χ2v) is 6.75. The number of hydrogen-bond donors (Lipinski definition) is 1. The van der Waals surface area contributed by atoms with Gasteiger partial charge in [0.1, 0.15) is 0 Å². The third-order valence-electron chi connectivity index (χ3n) is 3.55. The van der Waals surface area contributed by atoms with Gasteiger partial charge in [0.2, 0.25) is 0 Å². The van der Waals surface area contributed by atoms with Crippen LogP contribution in [0.5, 0.6) is 0 Å². The van der Waals surface area contributed by atoms with Gasteiger partial charge < -0.3 is 10.1 Å². The Morgan fingerprint density at radius 3 is 2.74 bits per heavy atom. The zero-order valence-electron chi connectivity index (χ0n) is 12.1. The second-order valence-electron chi connectivity index (χ2n) is 6.35. The topological polar surface area (TPSA) is 21.3 Å². The monoisotopic (exact) mass is 281 g/mol. The van der Waals surface area contributed by atoms with Crippen molar-refractivity contribution in [2.24, 2.45) is 5.92 Å². The molecule has 0 amide bonds. The van der Waals surface area contributed by atoms with Crippen molar-refractivity contribution < 1.29 is 4.74 Å². The van der Waals surface area contributed by atoms with Crippen molar-refractivity contribution in [3.63, 3.8) is 0 Å². The van der Waals surface area contributed by atoms with Crippen LogP contribution in [0.4, 0.5) is 0 Å². The van der Waals surface area contributed by atoms with Gasteiger partial charge in [-0.25, -0.2) is 0 Å². The Morgan fingerprint density at radius 1 is 1.32 bits per heavy atom. The van der Waals surface area contributed by atoms with Crippen LogP contribution in [0, 0.1) is 5.92 Å². The van der Waals surface area contributed by atoms with Gasteiger partial charge in [-0.05, 0) is 45.2 Å². The van der Waals surface area contributed by atoms with Crippen LogP contribution in [0.3, 0.4) is 0 Å². The maximum absolute atomic E-state index is 6.31. The smallest absolute Gasteiger partial charge is 0.0879 e. The van der Waals surface area contributed by atoms with E-state index in [0.29, 0.717) is 5.92 Å². The van der Waals surface area contributed by atoms with E-state index in [4.69, 9.17) is 16.3 Å². The fourth-order valence-corrected chi connectivity index (χ4v) is 2.78. The summed E-state index contributed by atoms with van der Waals surface area (Å²) in [6.07, 6.45) is 2.45. The predicted molar refractivity (Wildman–Crippen MR) is 80.6 cm³/mol. The SMILES string of the molecule is CC(C)(C)NCC1CCCOC1c1ccccc1Cl. The van der Waals surface area contributed by atoms with Crippen LogP contribution < -0.4 is 5.32 Å². The van der Waals surface area contributed by atoms with Crippen molar-refractivity contribution in [3.8, 4) is 0 Å². The van der Waals surface area contributed by atoms with Crippen LogP contribution in [0.2, 0.25) is 5.02 Å².